The van der Waals surface area contributed by atoms with Crippen LogP contribution >= 0.6 is 11.6 Å². The molecule has 1 unspecified atom stereocenters. The number of carbonyl (C=O) groups is 1. The van der Waals surface area contributed by atoms with Gasteiger partial charge in [0.2, 0.25) is 0 Å². The van der Waals surface area contributed by atoms with E-state index in [4.69, 9.17) is 16.3 Å². The minimum Gasteiger partial charge on any atom is -0.497 e. The standard InChI is InChI=1S/C19H19ClFNO4S/c1-26-15-7-5-13(6-8-15)19(23)22(14-9-10-27(24,25)12-14)11-16-17(20)3-2-4-18(16)21/h2-8,14H,9-12H2,1H3. The van der Waals surface area contributed by atoms with E-state index in [2.05, 4.69) is 0 Å². The van der Waals surface area contributed by atoms with Gasteiger partial charge in [-0.25, -0.2) is 12.8 Å². The van der Waals surface area contributed by atoms with Gasteiger partial charge in [-0.15, -0.1) is 0 Å². The monoisotopic (exact) mass is 411 g/mol. The lowest BCUT2D eigenvalue weighted by Crippen LogP contribution is -2.41. The first-order chi connectivity index (χ1) is 12.8. The molecule has 27 heavy (non-hydrogen) atoms. The van der Waals surface area contributed by atoms with Crippen LogP contribution in [-0.4, -0.2) is 43.9 Å². The minimum absolute atomic E-state index is 0.00899. The molecule has 5 nitrogen and oxygen atoms in total. The van der Waals surface area contributed by atoms with Gasteiger partial charge in [0, 0.05) is 22.2 Å². The molecule has 8 heteroatoms. The Morgan fingerprint density at radius 1 is 1.26 bits per heavy atom. The summed E-state index contributed by atoms with van der Waals surface area (Å²) in [4.78, 5) is 14.5. The predicted molar refractivity (Wildman–Crippen MR) is 101 cm³/mol. The topological polar surface area (TPSA) is 63.7 Å². The van der Waals surface area contributed by atoms with Gasteiger partial charge in [-0.05, 0) is 42.8 Å². The molecule has 144 valence electrons. The van der Waals surface area contributed by atoms with Crippen molar-refractivity contribution in [3.05, 3.63) is 64.4 Å². The molecule has 0 radical (unpaired) electrons. The Balaban J connectivity index is 1.95. The zero-order valence-corrected chi connectivity index (χ0v) is 16.3. The Bertz CT molecular complexity index is 926. The number of rotatable bonds is 5. The van der Waals surface area contributed by atoms with Crippen LogP contribution in [0.5, 0.6) is 5.75 Å². The van der Waals surface area contributed by atoms with Gasteiger partial charge in [0.25, 0.3) is 5.91 Å². The van der Waals surface area contributed by atoms with E-state index in [1.807, 2.05) is 0 Å². The van der Waals surface area contributed by atoms with Crippen LogP contribution in [0.1, 0.15) is 22.3 Å². The number of amides is 1. The van der Waals surface area contributed by atoms with Gasteiger partial charge in [0.1, 0.15) is 11.6 Å². The second-order valence-corrected chi connectivity index (χ2v) is 9.05. The minimum atomic E-state index is -3.22. The Morgan fingerprint density at radius 2 is 1.96 bits per heavy atom. The zero-order chi connectivity index (χ0) is 19.6. The highest BCUT2D eigenvalue weighted by molar-refractivity contribution is 7.91. The summed E-state index contributed by atoms with van der Waals surface area (Å²) in [5, 5.41) is 0.198. The molecule has 1 fully saturated rings. The van der Waals surface area contributed by atoms with E-state index in [1.54, 1.807) is 30.3 Å². The average Bonchev–Trinajstić information content (AvgIpc) is 3.00. The van der Waals surface area contributed by atoms with Crippen LogP contribution in [0.25, 0.3) is 0 Å². The second kappa shape index (κ2) is 7.86. The largest absolute Gasteiger partial charge is 0.497 e. The van der Waals surface area contributed by atoms with Crippen LogP contribution < -0.4 is 4.74 Å². The number of methoxy groups -OCH3 is 1. The molecule has 3 rings (SSSR count). The maximum Gasteiger partial charge on any atom is 0.254 e. The SMILES string of the molecule is COc1ccc(C(=O)N(Cc2c(F)cccc2Cl)C2CCS(=O)(=O)C2)cc1. The summed E-state index contributed by atoms with van der Waals surface area (Å²) in [5.74, 6) is -0.440. The normalized spacial score (nSPS) is 18.3. The fraction of sp³-hybridized carbons (Fsp3) is 0.316. The number of ether oxygens (including phenoxy) is 1. The molecule has 1 heterocycles. The van der Waals surface area contributed by atoms with Gasteiger partial charge in [-0.1, -0.05) is 17.7 Å². The number of sulfone groups is 1. The van der Waals surface area contributed by atoms with Crippen LogP contribution in [0.3, 0.4) is 0 Å². The Morgan fingerprint density at radius 3 is 2.52 bits per heavy atom. The summed E-state index contributed by atoms with van der Waals surface area (Å²) in [5.41, 5.74) is 0.540. The van der Waals surface area contributed by atoms with Crippen LogP contribution in [0.15, 0.2) is 42.5 Å². The quantitative estimate of drug-likeness (QED) is 0.757. The molecule has 1 amide bonds. The van der Waals surface area contributed by atoms with Crippen molar-refractivity contribution in [3.63, 3.8) is 0 Å². The molecule has 0 bridgehead atoms. The molecule has 1 aliphatic rings. The molecule has 0 aromatic heterocycles. The third-order valence-corrected chi connectivity index (χ3v) is 6.74. The van der Waals surface area contributed by atoms with Crippen molar-refractivity contribution in [2.45, 2.75) is 19.0 Å². The third kappa shape index (κ3) is 4.42. The number of hydrogen-bond acceptors (Lipinski definition) is 4. The average molecular weight is 412 g/mol. The second-order valence-electron chi connectivity index (χ2n) is 6.42. The predicted octanol–water partition coefficient (Wildman–Crippen LogP) is 3.32. The molecule has 0 spiro atoms. The van der Waals surface area contributed by atoms with Gasteiger partial charge < -0.3 is 9.64 Å². The Hall–Kier alpha value is -2.12. The molecule has 0 aliphatic carbocycles. The number of nitrogens with zero attached hydrogens (tertiary/aromatic N) is 1. The Labute approximate surface area is 162 Å². The van der Waals surface area contributed by atoms with Gasteiger partial charge in [-0.2, -0.15) is 0 Å². The van der Waals surface area contributed by atoms with E-state index in [9.17, 15) is 17.6 Å². The summed E-state index contributed by atoms with van der Waals surface area (Å²) in [7, 11) is -1.70. The van der Waals surface area contributed by atoms with Crippen LogP contribution in [-0.2, 0) is 16.4 Å². The number of carbonyl (C=O) groups excluding carboxylic acids is 1. The van der Waals surface area contributed by atoms with E-state index in [0.717, 1.165) is 0 Å². The van der Waals surface area contributed by atoms with E-state index in [-0.39, 0.29) is 34.5 Å². The van der Waals surface area contributed by atoms with Crippen molar-refractivity contribution in [2.75, 3.05) is 18.6 Å². The maximum absolute atomic E-state index is 14.3. The van der Waals surface area contributed by atoms with Gasteiger partial charge >= 0.3 is 0 Å². The van der Waals surface area contributed by atoms with E-state index < -0.39 is 21.7 Å². The summed E-state index contributed by atoms with van der Waals surface area (Å²) in [6.07, 6.45) is 0.316. The fourth-order valence-electron chi connectivity index (χ4n) is 3.14. The first-order valence-corrected chi connectivity index (χ1v) is 10.6. The highest BCUT2D eigenvalue weighted by Gasteiger charge is 2.35. The molecule has 2 aromatic carbocycles. The highest BCUT2D eigenvalue weighted by atomic mass is 35.5. The molecule has 0 N–H and O–H groups in total. The summed E-state index contributed by atoms with van der Waals surface area (Å²) in [6, 6.07) is 10.3. The molecule has 1 atom stereocenters. The maximum atomic E-state index is 14.3. The van der Waals surface area contributed by atoms with Crippen molar-refractivity contribution >= 4 is 27.3 Å². The highest BCUT2D eigenvalue weighted by Crippen LogP contribution is 2.27. The zero-order valence-electron chi connectivity index (χ0n) is 14.7. The van der Waals surface area contributed by atoms with E-state index in [0.29, 0.717) is 17.7 Å². The molecule has 1 aliphatic heterocycles. The van der Waals surface area contributed by atoms with Gasteiger partial charge in [0.05, 0.1) is 25.2 Å². The van der Waals surface area contributed by atoms with Crippen molar-refractivity contribution in [3.8, 4) is 5.75 Å². The molecule has 2 aromatic rings. The van der Waals surface area contributed by atoms with Crippen molar-refractivity contribution in [1.29, 1.82) is 0 Å². The third-order valence-electron chi connectivity index (χ3n) is 4.64. The van der Waals surface area contributed by atoms with Crippen LogP contribution in [0, 0.1) is 5.82 Å². The van der Waals surface area contributed by atoms with Crippen molar-refractivity contribution in [1.82, 2.24) is 4.90 Å². The van der Waals surface area contributed by atoms with Crippen LogP contribution in [0.4, 0.5) is 4.39 Å². The van der Waals surface area contributed by atoms with E-state index >= 15 is 0 Å². The fourth-order valence-corrected chi connectivity index (χ4v) is 5.09. The van der Waals surface area contributed by atoms with Gasteiger partial charge in [-0.3, -0.25) is 4.79 Å². The van der Waals surface area contributed by atoms with Gasteiger partial charge in [0.15, 0.2) is 9.84 Å². The summed E-state index contributed by atoms with van der Waals surface area (Å²) in [6.45, 7) is -0.101. The number of benzene rings is 2. The molecule has 1 saturated heterocycles. The first-order valence-electron chi connectivity index (χ1n) is 8.39. The molecule has 0 saturated carbocycles. The lowest BCUT2D eigenvalue weighted by Gasteiger charge is -2.29. The molecular weight excluding hydrogens is 393 g/mol. The molecular formula is C19H19ClFNO4S. The van der Waals surface area contributed by atoms with Crippen LogP contribution in [0.2, 0.25) is 5.02 Å². The number of halogens is 2. The lowest BCUT2D eigenvalue weighted by molar-refractivity contribution is 0.0679. The van der Waals surface area contributed by atoms with Crippen molar-refractivity contribution < 1.29 is 22.3 Å². The first kappa shape index (κ1) is 19.6. The summed E-state index contributed by atoms with van der Waals surface area (Å²) >= 11 is 6.11. The van der Waals surface area contributed by atoms with E-state index in [1.165, 1.54) is 24.1 Å². The summed E-state index contributed by atoms with van der Waals surface area (Å²) < 4.78 is 43.2. The number of hydrogen-bond donors (Lipinski definition) is 0. The van der Waals surface area contributed by atoms with Crippen molar-refractivity contribution in [2.24, 2.45) is 0 Å². The smallest absolute Gasteiger partial charge is 0.254 e. The lowest BCUT2D eigenvalue weighted by atomic mass is 10.1. The Kier molecular flexibility index (Phi) is 5.72.